The van der Waals surface area contributed by atoms with E-state index in [1.807, 2.05) is 0 Å². The molecule has 0 aromatic carbocycles. The molecule has 1 fully saturated rings. The molecule has 1 aliphatic rings. The van der Waals surface area contributed by atoms with E-state index in [0.29, 0.717) is 19.2 Å². The number of nitrogens with one attached hydrogen (secondary N) is 2. The SMILES string of the molecule is COCCNCC(=O)NC1CCC(C)CC1.Cl. The van der Waals surface area contributed by atoms with Crippen LogP contribution in [-0.4, -0.2) is 38.8 Å². The number of ether oxygens (including phenoxy) is 1. The number of carbonyl (C=O) groups is 1. The van der Waals surface area contributed by atoms with Gasteiger partial charge in [-0.1, -0.05) is 6.92 Å². The Bertz CT molecular complexity index is 207. The second kappa shape index (κ2) is 9.68. The molecule has 4 nitrogen and oxygen atoms in total. The largest absolute Gasteiger partial charge is 0.383 e. The summed E-state index contributed by atoms with van der Waals surface area (Å²) >= 11 is 0. The van der Waals surface area contributed by atoms with Crippen LogP contribution >= 0.6 is 12.4 Å². The number of hydrogen-bond donors (Lipinski definition) is 2. The minimum absolute atomic E-state index is 0. The van der Waals surface area contributed by atoms with Crippen LogP contribution < -0.4 is 10.6 Å². The van der Waals surface area contributed by atoms with Gasteiger partial charge in [-0.15, -0.1) is 12.4 Å². The van der Waals surface area contributed by atoms with Crippen LogP contribution in [0.4, 0.5) is 0 Å². The van der Waals surface area contributed by atoms with Crippen LogP contribution in [0.1, 0.15) is 32.6 Å². The van der Waals surface area contributed by atoms with Gasteiger partial charge in [0.05, 0.1) is 13.2 Å². The highest BCUT2D eigenvalue weighted by molar-refractivity contribution is 5.85. The second-order valence-corrected chi connectivity index (χ2v) is 4.69. The van der Waals surface area contributed by atoms with E-state index >= 15 is 0 Å². The molecule has 17 heavy (non-hydrogen) atoms. The molecule has 0 aliphatic heterocycles. The number of amides is 1. The number of hydrogen-bond acceptors (Lipinski definition) is 3. The molecule has 1 amide bonds. The smallest absolute Gasteiger partial charge is 0.234 e. The van der Waals surface area contributed by atoms with Crippen molar-refractivity contribution in [3.05, 3.63) is 0 Å². The molecule has 0 aromatic rings. The van der Waals surface area contributed by atoms with E-state index in [1.165, 1.54) is 12.8 Å². The monoisotopic (exact) mass is 264 g/mol. The van der Waals surface area contributed by atoms with Gasteiger partial charge in [-0.25, -0.2) is 0 Å². The van der Waals surface area contributed by atoms with Crippen molar-refractivity contribution in [1.82, 2.24) is 10.6 Å². The number of carbonyl (C=O) groups excluding carboxylic acids is 1. The summed E-state index contributed by atoms with van der Waals surface area (Å²) in [5.74, 6) is 0.934. The van der Waals surface area contributed by atoms with Crippen molar-refractivity contribution in [3.63, 3.8) is 0 Å². The van der Waals surface area contributed by atoms with Crippen molar-refractivity contribution in [2.24, 2.45) is 5.92 Å². The summed E-state index contributed by atoms with van der Waals surface area (Å²) in [6, 6.07) is 0.396. The van der Waals surface area contributed by atoms with Gasteiger partial charge in [-0.3, -0.25) is 4.79 Å². The number of methoxy groups -OCH3 is 1. The fourth-order valence-corrected chi connectivity index (χ4v) is 2.06. The Hall–Kier alpha value is -0.320. The Morgan fingerprint density at radius 1 is 1.29 bits per heavy atom. The van der Waals surface area contributed by atoms with Gasteiger partial charge in [0.15, 0.2) is 0 Å². The highest BCUT2D eigenvalue weighted by atomic mass is 35.5. The van der Waals surface area contributed by atoms with Gasteiger partial charge in [-0.2, -0.15) is 0 Å². The topological polar surface area (TPSA) is 50.4 Å². The number of rotatable bonds is 6. The highest BCUT2D eigenvalue weighted by Crippen LogP contribution is 2.23. The molecule has 5 heteroatoms. The predicted octanol–water partition coefficient (Wildman–Crippen LogP) is 1.34. The highest BCUT2D eigenvalue weighted by Gasteiger charge is 2.19. The fraction of sp³-hybridized carbons (Fsp3) is 0.917. The van der Waals surface area contributed by atoms with Crippen molar-refractivity contribution in [1.29, 1.82) is 0 Å². The lowest BCUT2D eigenvalue weighted by Crippen LogP contribution is -2.42. The van der Waals surface area contributed by atoms with Crippen LogP contribution in [0, 0.1) is 5.92 Å². The summed E-state index contributed by atoms with van der Waals surface area (Å²) < 4.78 is 4.89. The van der Waals surface area contributed by atoms with E-state index in [9.17, 15) is 4.79 Å². The zero-order valence-electron chi connectivity index (χ0n) is 10.8. The van der Waals surface area contributed by atoms with Crippen LogP contribution in [0.2, 0.25) is 0 Å². The van der Waals surface area contributed by atoms with E-state index in [4.69, 9.17) is 4.74 Å². The lowest BCUT2D eigenvalue weighted by atomic mass is 9.87. The first-order valence-electron chi connectivity index (χ1n) is 6.21. The molecule has 0 radical (unpaired) electrons. The van der Waals surface area contributed by atoms with Crippen molar-refractivity contribution in [3.8, 4) is 0 Å². The van der Waals surface area contributed by atoms with Gasteiger partial charge in [0.2, 0.25) is 5.91 Å². The molecule has 102 valence electrons. The maximum atomic E-state index is 11.5. The Morgan fingerprint density at radius 3 is 2.53 bits per heavy atom. The van der Waals surface area contributed by atoms with E-state index < -0.39 is 0 Å². The molecule has 0 aromatic heterocycles. The van der Waals surface area contributed by atoms with E-state index in [2.05, 4.69) is 17.6 Å². The quantitative estimate of drug-likeness (QED) is 0.712. The molecule has 1 saturated carbocycles. The first-order valence-corrected chi connectivity index (χ1v) is 6.21. The van der Waals surface area contributed by atoms with E-state index in [-0.39, 0.29) is 18.3 Å². The summed E-state index contributed by atoms with van der Waals surface area (Å²) in [5.41, 5.74) is 0. The Balaban J connectivity index is 0.00000256. The summed E-state index contributed by atoms with van der Waals surface area (Å²) in [6.45, 7) is 4.06. The predicted molar refractivity (Wildman–Crippen MR) is 71.6 cm³/mol. The van der Waals surface area contributed by atoms with Crippen LogP contribution in [0.5, 0.6) is 0 Å². The molecule has 0 heterocycles. The summed E-state index contributed by atoms with van der Waals surface area (Å²) in [7, 11) is 1.66. The van der Waals surface area contributed by atoms with Gasteiger partial charge in [0.1, 0.15) is 0 Å². The summed E-state index contributed by atoms with van der Waals surface area (Å²) in [6.07, 6.45) is 4.74. The summed E-state index contributed by atoms with van der Waals surface area (Å²) in [5, 5.41) is 6.12. The Kier molecular flexibility index (Phi) is 9.50. The van der Waals surface area contributed by atoms with Crippen LogP contribution in [0.3, 0.4) is 0 Å². The first-order chi connectivity index (χ1) is 7.72. The van der Waals surface area contributed by atoms with E-state index in [1.54, 1.807) is 7.11 Å². The van der Waals surface area contributed by atoms with Gasteiger partial charge in [-0.05, 0) is 31.6 Å². The van der Waals surface area contributed by atoms with Gasteiger partial charge in [0.25, 0.3) is 0 Å². The van der Waals surface area contributed by atoms with Crippen molar-refractivity contribution < 1.29 is 9.53 Å². The zero-order chi connectivity index (χ0) is 11.8. The summed E-state index contributed by atoms with van der Waals surface area (Å²) in [4.78, 5) is 11.5. The lowest BCUT2D eigenvalue weighted by molar-refractivity contribution is -0.121. The third kappa shape index (κ3) is 7.58. The number of halogens is 1. The normalized spacial score (nSPS) is 23.9. The zero-order valence-corrected chi connectivity index (χ0v) is 11.6. The van der Waals surface area contributed by atoms with Gasteiger partial charge >= 0.3 is 0 Å². The molecule has 0 saturated heterocycles. The Labute approximate surface area is 110 Å². The lowest BCUT2D eigenvalue weighted by Gasteiger charge is -2.26. The van der Waals surface area contributed by atoms with Crippen molar-refractivity contribution in [2.75, 3.05) is 26.8 Å². The molecule has 1 rings (SSSR count). The maximum absolute atomic E-state index is 11.5. The standard InChI is InChI=1S/C12H24N2O2.ClH/c1-10-3-5-11(6-4-10)14-12(15)9-13-7-8-16-2;/h10-11,13H,3-9H2,1-2H3,(H,14,15);1H. The average molecular weight is 265 g/mol. The van der Waals surface area contributed by atoms with Crippen molar-refractivity contribution >= 4 is 18.3 Å². The fourth-order valence-electron chi connectivity index (χ4n) is 2.06. The molecule has 1 aliphatic carbocycles. The van der Waals surface area contributed by atoms with Crippen LogP contribution in [-0.2, 0) is 9.53 Å². The molecule has 0 bridgehead atoms. The third-order valence-electron chi connectivity index (χ3n) is 3.15. The van der Waals surface area contributed by atoms with Crippen LogP contribution in [0.15, 0.2) is 0 Å². The molecular weight excluding hydrogens is 240 g/mol. The first kappa shape index (κ1) is 16.7. The third-order valence-corrected chi connectivity index (χ3v) is 3.15. The molecular formula is C12H25ClN2O2. The average Bonchev–Trinajstić information content (AvgIpc) is 2.28. The molecule has 2 N–H and O–H groups in total. The van der Waals surface area contributed by atoms with Gasteiger partial charge in [0, 0.05) is 19.7 Å². The van der Waals surface area contributed by atoms with Crippen LogP contribution in [0.25, 0.3) is 0 Å². The van der Waals surface area contributed by atoms with E-state index in [0.717, 1.165) is 25.3 Å². The van der Waals surface area contributed by atoms with Crippen molar-refractivity contribution in [2.45, 2.75) is 38.6 Å². The maximum Gasteiger partial charge on any atom is 0.234 e. The molecule has 0 unspecified atom stereocenters. The molecule has 0 spiro atoms. The minimum atomic E-state index is 0. The molecule has 0 atom stereocenters. The van der Waals surface area contributed by atoms with Gasteiger partial charge < -0.3 is 15.4 Å². The minimum Gasteiger partial charge on any atom is -0.383 e. The Morgan fingerprint density at radius 2 is 1.94 bits per heavy atom. The second-order valence-electron chi connectivity index (χ2n) is 4.69.